The quantitative estimate of drug-likeness (QED) is 0.602. The second-order valence-corrected chi connectivity index (χ2v) is 8.27. The minimum atomic E-state index is -3.01. The minimum Gasteiger partial charge on any atom is -0.399 e. The van der Waals surface area contributed by atoms with Crippen molar-refractivity contribution in [2.45, 2.75) is 0 Å². The van der Waals surface area contributed by atoms with E-state index in [1.54, 1.807) is 0 Å². The summed E-state index contributed by atoms with van der Waals surface area (Å²) in [6, 6.07) is 2.97. The number of thioether (sulfide) groups is 1. The molecule has 3 N–H and O–H groups in total. The van der Waals surface area contributed by atoms with Crippen LogP contribution in [0.1, 0.15) is 0 Å². The number of halogens is 2. The summed E-state index contributed by atoms with van der Waals surface area (Å²) < 4.78 is 21.9. The van der Waals surface area contributed by atoms with E-state index >= 15 is 0 Å². The summed E-state index contributed by atoms with van der Waals surface area (Å²) in [4.78, 5) is 11.7. The number of carbonyl (C=O) groups is 1. The van der Waals surface area contributed by atoms with Gasteiger partial charge in [-0.05, 0) is 12.1 Å². The first kappa shape index (κ1) is 17.4. The van der Waals surface area contributed by atoms with Gasteiger partial charge in [0, 0.05) is 17.7 Å². The number of benzene rings is 1. The first-order valence-electron chi connectivity index (χ1n) is 5.49. The van der Waals surface area contributed by atoms with Gasteiger partial charge < -0.3 is 11.1 Å². The van der Waals surface area contributed by atoms with Crippen molar-refractivity contribution in [3.05, 3.63) is 22.2 Å². The van der Waals surface area contributed by atoms with Gasteiger partial charge >= 0.3 is 0 Å². The van der Waals surface area contributed by atoms with Gasteiger partial charge in [-0.3, -0.25) is 4.79 Å². The molecule has 0 fully saturated rings. The van der Waals surface area contributed by atoms with E-state index in [-0.39, 0.29) is 27.5 Å². The highest BCUT2D eigenvalue weighted by Crippen LogP contribution is 2.32. The third-order valence-electron chi connectivity index (χ3n) is 2.16. The molecule has 0 saturated heterocycles. The highest BCUT2D eigenvalue weighted by atomic mass is 35.5. The van der Waals surface area contributed by atoms with E-state index in [0.717, 1.165) is 6.26 Å². The maximum Gasteiger partial charge on any atom is 0.234 e. The number of carbonyl (C=O) groups excluding carboxylic acids is 1. The fourth-order valence-electron chi connectivity index (χ4n) is 1.26. The van der Waals surface area contributed by atoms with Gasteiger partial charge in [0.15, 0.2) is 0 Å². The molecular weight excluding hydrogens is 343 g/mol. The number of nitrogens with one attached hydrogen (secondary N) is 1. The molecule has 0 spiro atoms. The zero-order valence-electron chi connectivity index (χ0n) is 10.7. The highest BCUT2D eigenvalue weighted by Gasteiger charge is 2.11. The Morgan fingerprint density at radius 2 is 1.90 bits per heavy atom. The first-order chi connectivity index (χ1) is 9.19. The Morgan fingerprint density at radius 1 is 1.35 bits per heavy atom. The van der Waals surface area contributed by atoms with E-state index in [2.05, 4.69) is 5.32 Å². The van der Waals surface area contributed by atoms with Crippen LogP contribution in [0.15, 0.2) is 12.1 Å². The van der Waals surface area contributed by atoms with E-state index in [9.17, 15) is 13.2 Å². The summed E-state index contributed by atoms with van der Waals surface area (Å²) in [5, 5.41) is 3.08. The zero-order valence-corrected chi connectivity index (χ0v) is 13.8. The van der Waals surface area contributed by atoms with Crippen molar-refractivity contribution in [2.24, 2.45) is 0 Å². The number of sulfone groups is 1. The van der Waals surface area contributed by atoms with Crippen molar-refractivity contribution in [2.75, 3.05) is 34.6 Å². The van der Waals surface area contributed by atoms with Crippen LogP contribution in [0, 0.1) is 0 Å². The molecule has 0 radical (unpaired) electrons. The maximum atomic E-state index is 11.7. The van der Waals surface area contributed by atoms with Gasteiger partial charge in [0.05, 0.1) is 27.2 Å². The molecule has 1 aromatic rings. The van der Waals surface area contributed by atoms with E-state index in [0.29, 0.717) is 17.1 Å². The summed E-state index contributed by atoms with van der Waals surface area (Å²) in [6.07, 6.45) is 1.15. The average molecular weight is 357 g/mol. The number of amides is 1. The number of nitrogens with two attached hydrogens (primary N) is 1. The molecule has 9 heteroatoms. The van der Waals surface area contributed by atoms with Gasteiger partial charge in [-0.15, -0.1) is 0 Å². The first-order valence-corrected chi connectivity index (χ1v) is 9.46. The Labute approximate surface area is 132 Å². The van der Waals surface area contributed by atoms with Crippen LogP contribution in [0.5, 0.6) is 0 Å². The highest BCUT2D eigenvalue weighted by molar-refractivity contribution is 8.01. The predicted molar refractivity (Wildman–Crippen MR) is 86.5 cm³/mol. The Hall–Kier alpha value is -0.630. The topological polar surface area (TPSA) is 89.3 Å². The third kappa shape index (κ3) is 6.21. The van der Waals surface area contributed by atoms with Crippen molar-refractivity contribution < 1.29 is 13.2 Å². The average Bonchev–Trinajstić information content (AvgIpc) is 2.28. The molecule has 0 aliphatic heterocycles. The largest absolute Gasteiger partial charge is 0.399 e. The Morgan fingerprint density at radius 3 is 2.40 bits per heavy atom. The summed E-state index contributed by atoms with van der Waals surface area (Å²) in [5.41, 5.74) is 6.26. The van der Waals surface area contributed by atoms with Crippen molar-refractivity contribution in [3.8, 4) is 0 Å². The standard InChI is InChI=1S/C11H14Cl2N2O3S2/c1-20(17,18)3-2-19-6-10(16)15-11-8(12)4-7(14)5-9(11)13/h4-5H,2-3,6,14H2,1H3,(H,15,16). The second kappa shape index (κ2) is 7.40. The molecule has 112 valence electrons. The molecule has 0 aliphatic rings. The SMILES string of the molecule is CS(=O)(=O)CCSCC(=O)Nc1c(Cl)cc(N)cc1Cl. The molecule has 20 heavy (non-hydrogen) atoms. The summed E-state index contributed by atoms with van der Waals surface area (Å²) in [5.74, 6) is 0.202. The Bertz CT molecular complexity index is 583. The lowest BCUT2D eigenvalue weighted by Crippen LogP contribution is -2.16. The molecule has 0 atom stereocenters. The monoisotopic (exact) mass is 356 g/mol. The van der Waals surface area contributed by atoms with Crippen LogP contribution in [-0.4, -0.2) is 37.8 Å². The molecule has 0 aliphatic carbocycles. The van der Waals surface area contributed by atoms with Gasteiger partial charge in [0.2, 0.25) is 5.91 Å². The van der Waals surface area contributed by atoms with E-state index in [1.807, 2.05) is 0 Å². The molecule has 0 unspecified atom stereocenters. The summed E-state index contributed by atoms with van der Waals surface area (Å²) in [7, 11) is -3.01. The second-order valence-electron chi connectivity index (χ2n) is 4.09. The van der Waals surface area contributed by atoms with Crippen LogP contribution >= 0.6 is 35.0 Å². The molecule has 1 rings (SSSR count). The van der Waals surface area contributed by atoms with Crippen LogP contribution in [-0.2, 0) is 14.6 Å². The van der Waals surface area contributed by atoms with Crippen molar-refractivity contribution >= 4 is 62.1 Å². The third-order valence-corrected chi connectivity index (χ3v) is 4.92. The van der Waals surface area contributed by atoms with Crippen molar-refractivity contribution in [1.29, 1.82) is 0 Å². The summed E-state index contributed by atoms with van der Waals surface area (Å²) >= 11 is 13.1. The smallest absolute Gasteiger partial charge is 0.234 e. The molecule has 0 aromatic heterocycles. The van der Waals surface area contributed by atoms with E-state index < -0.39 is 9.84 Å². The Kier molecular flexibility index (Phi) is 6.44. The van der Waals surface area contributed by atoms with Gasteiger partial charge in [0.25, 0.3) is 0 Å². The van der Waals surface area contributed by atoms with Crippen LogP contribution in [0.3, 0.4) is 0 Å². The fourth-order valence-corrected chi connectivity index (χ4v) is 3.95. The molecule has 5 nitrogen and oxygen atoms in total. The maximum absolute atomic E-state index is 11.7. The molecule has 1 amide bonds. The number of nitrogen functional groups attached to an aromatic ring is 1. The molecule has 0 bridgehead atoms. The van der Waals surface area contributed by atoms with Gasteiger partial charge in [-0.25, -0.2) is 8.42 Å². The van der Waals surface area contributed by atoms with Crippen LogP contribution < -0.4 is 11.1 Å². The lowest BCUT2D eigenvalue weighted by atomic mass is 10.3. The van der Waals surface area contributed by atoms with Crippen LogP contribution in [0.4, 0.5) is 11.4 Å². The van der Waals surface area contributed by atoms with Crippen LogP contribution in [0.25, 0.3) is 0 Å². The van der Waals surface area contributed by atoms with Crippen molar-refractivity contribution in [1.82, 2.24) is 0 Å². The molecule has 0 saturated carbocycles. The molecule has 0 heterocycles. The van der Waals surface area contributed by atoms with E-state index in [4.69, 9.17) is 28.9 Å². The van der Waals surface area contributed by atoms with Gasteiger partial charge in [0.1, 0.15) is 9.84 Å². The zero-order chi connectivity index (χ0) is 15.3. The van der Waals surface area contributed by atoms with Crippen LogP contribution in [0.2, 0.25) is 10.0 Å². The van der Waals surface area contributed by atoms with Gasteiger partial charge in [-0.2, -0.15) is 11.8 Å². The van der Waals surface area contributed by atoms with Crippen molar-refractivity contribution in [3.63, 3.8) is 0 Å². The van der Waals surface area contributed by atoms with E-state index in [1.165, 1.54) is 23.9 Å². The number of hydrogen-bond donors (Lipinski definition) is 2. The lowest BCUT2D eigenvalue weighted by molar-refractivity contribution is -0.113. The lowest BCUT2D eigenvalue weighted by Gasteiger charge is -2.10. The number of anilines is 2. The Balaban J connectivity index is 2.51. The fraction of sp³-hybridized carbons (Fsp3) is 0.364. The normalized spacial score (nSPS) is 11.3. The number of hydrogen-bond acceptors (Lipinski definition) is 5. The molecule has 1 aromatic carbocycles. The molecular formula is C11H14Cl2N2O3S2. The van der Waals surface area contributed by atoms with Gasteiger partial charge in [-0.1, -0.05) is 23.2 Å². The minimum absolute atomic E-state index is 0.0360. The summed E-state index contributed by atoms with van der Waals surface area (Å²) in [6.45, 7) is 0. The predicted octanol–water partition coefficient (Wildman–Crippen LogP) is 2.29. The number of rotatable bonds is 6.